The third-order valence-corrected chi connectivity index (χ3v) is 6.56. The Labute approximate surface area is 242 Å². The van der Waals surface area contributed by atoms with Gasteiger partial charge in [0.2, 0.25) is 5.88 Å². The summed E-state index contributed by atoms with van der Waals surface area (Å²) >= 11 is 0. The molecule has 5 rings (SSSR count). The first-order valence-corrected chi connectivity index (χ1v) is 13.3. The highest BCUT2D eigenvalue weighted by Gasteiger charge is 2.32. The summed E-state index contributed by atoms with van der Waals surface area (Å²) in [7, 11) is 0. The van der Waals surface area contributed by atoms with E-state index >= 15 is 0 Å². The summed E-state index contributed by atoms with van der Waals surface area (Å²) in [6, 6.07) is 28.2. The number of ether oxygens (including phenoxy) is 4. The number of nitrogens with two attached hydrogens (primary N) is 1. The molecule has 8 heteroatoms. The molecule has 0 bridgehead atoms. The van der Waals surface area contributed by atoms with Gasteiger partial charge in [0.05, 0.1) is 12.5 Å². The van der Waals surface area contributed by atoms with Gasteiger partial charge in [-0.2, -0.15) is 5.26 Å². The van der Waals surface area contributed by atoms with Crippen molar-refractivity contribution in [2.24, 2.45) is 5.73 Å². The Bertz CT molecular complexity index is 1710. The number of nitriles is 1. The molecule has 0 saturated heterocycles. The minimum absolute atomic E-state index is 0.0184. The van der Waals surface area contributed by atoms with Gasteiger partial charge < -0.3 is 24.7 Å². The van der Waals surface area contributed by atoms with E-state index in [1.807, 2.05) is 37.3 Å². The van der Waals surface area contributed by atoms with Crippen molar-refractivity contribution in [2.75, 3.05) is 6.61 Å². The number of hydrogen-bond donors (Lipinski definition) is 1. The number of fused-ring (bicyclic) bond motifs is 1. The summed E-state index contributed by atoms with van der Waals surface area (Å²) in [6.07, 6.45) is 3.00. The van der Waals surface area contributed by atoms with Crippen LogP contribution in [0.1, 0.15) is 35.1 Å². The molecule has 4 aromatic carbocycles. The van der Waals surface area contributed by atoms with Crippen LogP contribution in [0.5, 0.6) is 23.0 Å². The Hall–Kier alpha value is -5.55. The van der Waals surface area contributed by atoms with Crippen LogP contribution in [0.25, 0.3) is 6.08 Å². The predicted octanol–water partition coefficient (Wildman–Crippen LogP) is 6.64. The average Bonchev–Trinajstić information content (AvgIpc) is 3.00. The predicted molar refractivity (Wildman–Crippen MR) is 155 cm³/mol. The fraction of sp³-hybridized carbons (Fsp3) is 0.118. The molecule has 0 fully saturated rings. The summed E-state index contributed by atoms with van der Waals surface area (Å²) in [4.78, 5) is 12.4. The number of esters is 1. The van der Waals surface area contributed by atoms with Crippen molar-refractivity contribution in [1.82, 2.24) is 0 Å². The second-order valence-electron chi connectivity index (χ2n) is 9.31. The summed E-state index contributed by atoms with van der Waals surface area (Å²) in [5.74, 6) is -0.0749. The van der Waals surface area contributed by atoms with Crippen LogP contribution in [0.4, 0.5) is 4.39 Å². The van der Waals surface area contributed by atoms with E-state index in [0.29, 0.717) is 40.5 Å². The molecule has 42 heavy (non-hydrogen) atoms. The van der Waals surface area contributed by atoms with Crippen LogP contribution >= 0.6 is 0 Å². The van der Waals surface area contributed by atoms with Crippen LogP contribution in [0, 0.1) is 17.1 Å². The molecular formula is C34H27FN2O5. The van der Waals surface area contributed by atoms with E-state index in [2.05, 4.69) is 6.07 Å². The van der Waals surface area contributed by atoms with Crippen molar-refractivity contribution in [3.8, 4) is 29.1 Å². The van der Waals surface area contributed by atoms with Crippen molar-refractivity contribution in [3.05, 3.63) is 137 Å². The van der Waals surface area contributed by atoms with E-state index in [-0.39, 0.29) is 29.6 Å². The highest BCUT2D eigenvalue weighted by molar-refractivity contribution is 5.88. The first kappa shape index (κ1) is 28.0. The number of carbonyl (C=O) groups excluding carboxylic acids is 1. The van der Waals surface area contributed by atoms with Crippen LogP contribution in [0.2, 0.25) is 0 Å². The topological polar surface area (TPSA) is 104 Å². The maximum absolute atomic E-state index is 14.1. The summed E-state index contributed by atoms with van der Waals surface area (Å²) in [5, 5.41) is 9.97. The fourth-order valence-electron chi connectivity index (χ4n) is 4.58. The summed E-state index contributed by atoms with van der Waals surface area (Å²) < 4.78 is 37.1. The van der Waals surface area contributed by atoms with Crippen LogP contribution in [0.3, 0.4) is 0 Å². The Balaban J connectivity index is 1.41. The number of hydrogen-bond acceptors (Lipinski definition) is 7. The lowest BCUT2D eigenvalue weighted by molar-refractivity contribution is -0.128. The zero-order valence-corrected chi connectivity index (χ0v) is 22.8. The highest BCUT2D eigenvalue weighted by Crippen LogP contribution is 2.45. The minimum Gasteiger partial charge on any atom is -0.490 e. The first-order chi connectivity index (χ1) is 20.5. The molecule has 2 N–H and O–H groups in total. The van der Waals surface area contributed by atoms with E-state index in [0.717, 1.165) is 5.56 Å². The monoisotopic (exact) mass is 562 g/mol. The maximum atomic E-state index is 14.1. The molecular weight excluding hydrogens is 535 g/mol. The van der Waals surface area contributed by atoms with E-state index in [1.54, 1.807) is 60.7 Å². The molecule has 210 valence electrons. The van der Waals surface area contributed by atoms with Crippen LogP contribution in [-0.4, -0.2) is 12.6 Å². The molecule has 1 atom stereocenters. The van der Waals surface area contributed by atoms with Crippen molar-refractivity contribution >= 4 is 12.0 Å². The van der Waals surface area contributed by atoms with Gasteiger partial charge in [0, 0.05) is 23.3 Å². The van der Waals surface area contributed by atoms with Gasteiger partial charge >= 0.3 is 5.97 Å². The molecule has 0 radical (unpaired) electrons. The smallest absolute Gasteiger partial charge is 0.336 e. The van der Waals surface area contributed by atoms with E-state index in [4.69, 9.17) is 24.7 Å². The Morgan fingerprint density at radius 2 is 1.79 bits per heavy atom. The Morgan fingerprint density at radius 1 is 1.00 bits per heavy atom. The number of nitrogens with zero attached hydrogens (tertiary/aromatic N) is 1. The fourth-order valence-corrected chi connectivity index (χ4v) is 4.58. The molecule has 4 aromatic rings. The molecule has 1 unspecified atom stereocenters. The second kappa shape index (κ2) is 12.7. The Kier molecular flexibility index (Phi) is 8.50. The van der Waals surface area contributed by atoms with Crippen molar-refractivity contribution < 1.29 is 28.1 Å². The lowest BCUT2D eigenvalue weighted by Gasteiger charge is -2.27. The molecule has 1 heterocycles. The highest BCUT2D eigenvalue weighted by atomic mass is 19.1. The standard InChI is InChI=1S/C34H27FN2O5/c1-2-39-31-18-23(13-16-29(31)40-21-24-10-6-7-11-28(24)35)33-26-15-14-25(19-30(26)42-34(37)27(33)20-36)41-32(38)17-12-22-8-4-3-5-9-22/h3-19,33H,2,21,37H2,1H3/b17-12+. The first-order valence-electron chi connectivity index (χ1n) is 13.3. The molecule has 0 saturated carbocycles. The summed E-state index contributed by atoms with van der Waals surface area (Å²) in [6.45, 7) is 2.22. The average molecular weight is 563 g/mol. The molecule has 7 nitrogen and oxygen atoms in total. The normalized spacial score (nSPS) is 14.1. The molecule has 0 amide bonds. The maximum Gasteiger partial charge on any atom is 0.336 e. The number of allylic oxidation sites excluding steroid dienone is 1. The van der Waals surface area contributed by atoms with Gasteiger partial charge in [-0.3, -0.25) is 0 Å². The largest absolute Gasteiger partial charge is 0.490 e. The molecule has 1 aliphatic heterocycles. The van der Waals surface area contributed by atoms with E-state index < -0.39 is 11.9 Å². The minimum atomic E-state index is -0.582. The number of benzene rings is 4. The lowest BCUT2D eigenvalue weighted by Crippen LogP contribution is -2.21. The third kappa shape index (κ3) is 6.26. The lowest BCUT2D eigenvalue weighted by atomic mass is 9.83. The third-order valence-electron chi connectivity index (χ3n) is 6.56. The van der Waals surface area contributed by atoms with Gasteiger partial charge in [-0.05, 0) is 48.4 Å². The van der Waals surface area contributed by atoms with E-state index in [9.17, 15) is 14.4 Å². The van der Waals surface area contributed by atoms with E-state index in [1.165, 1.54) is 12.1 Å². The Morgan fingerprint density at radius 3 is 2.55 bits per heavy atom. The van der Waals surface area contributed by atoms with Gasteiger partial charge in [0.25, 0.3) is 0 Å². The van der Waals surface area contributed by atoms with Crippen LogP contribution in [0.15, 0.2) is 109 Å². The van der Waals surface area contributed by atoms with Crippen molar-refractivity contribution in [2.45, 2.75) is 19.4 Å². The van der Waals surface area contributed by atoms with Gasteiger partial charge in [0.1, 0.15) is 35.6 Å². The van der Waals surface area contributed by atoms with Crippen molar-refractivity contribution in [1.29, 1.82) is 5.26 Å². The molecule has 0 aliphatic carbocycles. The van der Waals surface area contributed by atoms with Crippen LogP contribution < -0.4 is 24.7 Å². The molecule has 0 aromatic heterocycles. The van der Waals surface area contributed by atoms with Gasteiger partial charge in [-0.25, -0.2) is 9.18 Å². The molecule has 1 aliphatic rings. The SMILES string of the molecule is CCOc1cc(C2C(C#N)=C(N)Oc3cc(OC(=O)/C=C/c4ccccc4)ccc32)ccc1OCc1ccccc1F. The second-order valence-corrected chi connectivity index (χ2v) is 9.31. The van der Waals surface area contributed by atoms with Crippen molar-refractivity contribution in [3.63, 3.8) is 0 Å². The molecule has 0 spiro atoms. The summed E-state index contributed by atoms with van der Waals surface area (Å²) in [5.41, 5.74) is 9.03. The number of rotatable bonds is 9. The quantitative estimate of drug-likeness (QED) is 0.139. The zero-order chi connectivity index (χ0) is 29.5. The van der Waals surface area contributed by atoms with Crippen LogP contribution in [-0.2, 0) is 11.4 Å². The van der Waals surface area contributed by atoms with Gasteiger partial charge in [-0.15, -0.1) is 0 Å². The number of halogens is 1. The zero-order valence-electron chi connectivity index (χ0n) is 22.8. The van der Waals surface area contributed by atoms with Gasteiger partial charge in [0.15, 0.2) is 11.5 Å². The number of carbonyl (C=O) groups is 1. The van der Waals surface area contributed by atoms with Gasteiger partial charge in [-0.1, -0.05) is 60.7 Å².